The van der Waals surface area contributed by atoms with Crippen molar-refractivity contribution in [3.05, 3.63) is 26.9 Å². The molecule has 5 heteroatoms. The Labute approximate surface area is 92.8 Å². The van der Waals surface area contributed by atoms with Crippen molar-refractivity contribution < 1.29 is 9.53 Å². The number of carbonyl (C=O) groups excluding carboxylic acids is 1. The first-order chi connectivity index (χ1) is 6.11. The quantitative estimate of drug-likeness (QED) is 0.622. The third kappa shape index (κ3) is 3.44. The van der Waals surface area contributed by atoms with Crippen molar-refractivity contribution in [2.24, 2.45) is 0 Å². The standard InChI is InChI=1S/C8H7Br2NO2/c1-13-8(12)4-5-2-6(9)11-7(10)3-5/h2-3H,4H2,1H3. The molecular weight excluding hydrogens is 302 g/mol. The normalized spacial score (nSPS) is 9.77. The second-order valence-corrected chi connectivity index (χ2v) is 4.00. The molecule has 0 N–H and O–H groups in total. The van der Waals surface area contributed by atoms with E-state index in [9.17, 15) is 4.79 Å². The van der Waals surface area contributed by atoms with Crippen LogP contribution in [0.15, 0.2) is 21.3 Å². The second kappa shape index (κ2) is 4.72. The highest BCUT2D eigenvalue weighted by molar-refractivity contribution is 9.11. The van der Waals surface area contributed by atoms with Crippen LogP contribution in [-0.2, 0) is 16.0 Å². The Hall–Kier alpha value is -0.420. The fraction of sp³-hybridized carbons (Fsp3) is 0.250. The van der Waals surface area contributed by atoms with Crippen LogP contribution in [0.1, 0.15) is 5.56 Å². The molecule has 0 aliphatic rings. The Morgan fingerprint density at radius 3 is 2.46 bits per heavy atom. The van der Waals surface area contributed by atoms with Gasteiger partial charge in [-0.1, -0.05) is 0 Å². The number of methoxy groups -OCH3 is 1. The van der Waals surface area contributed by atoms with Gasteiger partial charge in [0, 0.05) is 0 Å². The van der Waals surface area contributed by atoms with Crippen molar-refractivity contribution >= 4 is 37.8 Å². The Morgan fingerprint density at radius 2 is 2.00 bits per heavy atom. The fourth-order valence-electron chi connectivity index (χ4n) is 0.855. The molecule has 0 saturated heterocycles. The number of rotatable bonds is 2. The molecule has 0 unspecified atom stereocenters. The van der Waals surface area contributed by atoms with Crippen LogP contribution in [-0.4, -0.2) is 18.1 Å². The number of halogens is 2. The summed E-state index contributed by atoms with van der Waals surface area (Å²) in [7, 11) is 1.37. The maximum atomic E-state index is 10.9. The van der Waals surface area contributed by atoms with Crippen LogP contribution >= 0.6 is 31.9 Å². The van der Waals surface area contributed by atoms with E-state index < -0.39 is 0 Å². The van der Waals surface area contributed by atoms with Crippen molar-refractivity contribution in [1.82, 2.24) is 4.98 Å². The smallest absolute Gasteiger partial charge is 0.309 e. The van der Waals surface area contributed by atoms with Crippen molar-refractivity contribution in [3.8, 4) is 0 Å². The number of carbonyl (C=O) groups is 1. The summed E-state index contributed by atoms with van der Waals surface area (Å²) in [6.07, 6.45) is 0.260. The van der Waals surface area contributed by atoms with E-state index in [1.165, 1.54) is 7.11 Å². The molecule has 0 radical (unpaired) electrons. The van der Waals surface area contributed by atoms with E-state index in [4.69, 9.17) is 0 Å². The Bertz CT molecular complexity index is 308. The molecule has 0 saturated carbocycles. The molecule has 0 bridgehead atoms. The monoisotopic (exact) mass is 307 g/mol. The highest BCUT2D eigenvalue weighted by Gasteiger charge is 2.04. The Morgan fingerprint density at radius 1 is 1.46 bits per heavy atom. The van der Waals surface area contributed by atoms with Gasteiger partial charge in [-0.2, -0.15) is 0 Å². The number of esters is 1. The molecule has 13 heavy (non-hydrogen) atoms. The number of hydrogen-bond donors (Lipinski definition) is 0. The largest absolute Gasteiger partial charge is 0.469 e. The molecule has 0 atom stereocenters. The lowest BCUT2D eigenvalue weighted by atomic mass is 10.2. The number of ether oxygens (including phenoxy) is 1. The highest BCUT2D eigenvalue weighted by Crippen LogP contribution is 2.16. The Kier molecular flexibility index (Phi) is 3.87. The van der Waals surface area contributed by atoms with Crippen LogP contribution in [0, 0.1) is 0 Å². The van der Waals surface area contributed by atoms with Crippen molar-refractivity contribution in [1.29, 1.82) is 0 Å². The zero-order chi connectivity index (χ0) is 9.84. The van der Waals surface area contributed by atoms with E-state index >= 15 is 0 Å². The zero-order valence-corrected chi connectivity index (χ0v) is 10.1. The summed E-state index contributed by atoms with van der Waals surface area (Å²) in [4.78, 5) is 15.0. The van der Waals surface area contributed by atoms with Gasteiger partial charge in [0.2, 0.25) is 0 Å². The van der Waals surface area contributed by atoms with Gasteiger partial charge in [-0.05, 0) is 49.6 Å². The molecule has 1 aromatic rings. The zero-order valence-electron chi connectivity index (χ0n) is 6.88. The SMILES string of the molecule is COC(=O)Cc1cc(Br)nc(Br)c1. The molecule has 0 aliphatic heterocycles. The highest BCUT2D eigenvalue weighted by atomic mass is 79.9. The van der Waals surface area contributed by atoms with Crippen LogP contribution in [0.25, 0.3) is 0 Å². The molecule has 1 heterocycles. The first-order valence-corrected chi connectivity index (χ1v) is 5.09. The van der Waals surface area contributed by atoms with Gasteiger partial charge in [0.1, 0.15) is 9.21 Å². The second-order valence-electron chi connectivity index (χ2n) is 2.37. The summed E-state index contributed by atoms with van der Waals surface area (Å²) in [6.45, 7) is 0. The molecule has 0 spiro atoms. The van der Waals surface area contributed by atoms with E-state index in [2.05, 4.69) is 41.6 Å². The maximum absolute atomic E-state index is 10.9. The average molecular weight is 309 g/mol. The van der Waals surface area contributed by atoms with E-state index in [1.807, 2.05) is 0 Å². The van der Waals surface area contributed by atoms with Gasteiger partial charge in [0.15, 0.2) is 0 Å². The number of nitrogens with zero attached hydrogens (tertiary/aromatic N) is 1. The fourth-order valence-corrected chi connectivity index (χ4v) is 2.06. The third-order valence-electron chi connectivity index (χ3n) is 1.40. The van der Waals surface area contributed by atoms with E-state index in [1.54, 1.807) is 12.1 Å². The minimum Gasteiger partial charge on any atom is -0.469 e. The predicted molar refractivity (Wildman–Crippen MR) is 55.4 cm³/mol. The lowest BCUT2D eigenvalue weighted by molar-refractivity contribution is -0.139. The van der Waals surface area contributed by atoms with Crippen LogP contribution in [0.3, 0.4) is 0 Å². The summed E-state index contributed by atoms with van der Waals surface area (Å²) in [5.74, 6) is -0.259. The molecular formula is C8H7Br2NO2. The third-order valence-corrected chi connectivity index (χ3v) is 2.21. The first kappa shape index (κ1) is 10.7. The lowest BCUT2D eigenvalue weighted by Gasteiger charge is -2.00. The minimum atomic E-state index is -0.259. The summed E-state index contributed by atoms with van der Waals surface area (Å²) in [5.41, 5.74) is 0.862. The molecule has 70 valence electrons. The molecule has 1 rings (SSSR count). The van der Waals surface area contributed by atoms with Crippen molar-refractivity contribution in [2.45, 2.75) is 6.42 Å². The number of pyridine rings is 1. The van der Waals surface area contributed by atoms with Gasteiger partial charge in [0.25, 0.3) is 0 Å². The van der Waals surface area contributed by atoms with Gasteiger partial charge in [-0.15, -0.1) is 0 Å². The number of aromatic nitrogens is 1. The summed E-state index contributed by atoms with van der Waals surface area (Å²) < 4.78 is 5.93. The van der Waals surface area contributed by atoms with Crippen LogP contribution < -0.4 is 0 Å². The number of hydrogen-bond acceptors (Lipinski definition) is 3. The van der Waals surface area contributed by atoms with Gasteiger partial charge in [-0.3, -0.25) is 4.79 Å². The van der Waals surface area contributed by atoms with E-state index in [0.717, 1.165) is 5.56 Å². The molecule has 0 amide bonds. The lowest BCUT2D eigenvalue weighted by Crippen LogP contribution is -2.04. The maximum Gasteiger partial charge on any atom is 0.309 e. The predicted octanol–water partition coefficient (Wildman–Crippen LogP) is 2.32. The van der Waals surface area contributed by atoms with Gasteiger partial charge in [-0.25, -0.2) is 4.98 Å². The average Bonchev–Trinajstić information content (AvgIpc) is 2.02. The molecule has 0 aliphatic carbocycles. The van der Waals surface area contributed by atoms with Gasteiger partial charge < -0.3 is 4.74 Å². The van der Waals surface area contributed by atoms with E-state index in [0.29, 0.717) is 9.21 Å². The van der Waals surface area contributed by atoms with Crippen LogP contribution in [0.2, 0.25) is 0 Å². The van der Waals surface area contributed by atoms with Gasteiger partial charge in [0.05, 0.1) is 13.5 Å². The molecule has 3 nitrogen and oxygen atoms in total. The van der Waals surface area contributed by atoms with Crippen LogP contribution in [0.5, 0.6) is 0 Å². The first-order valence-electron chi connectivity index (χ1n) is 3.50. The molecule has 0 aromatic carbocycles. The van der Waals surface area contributed by atoms with Crippen LogP contribution in [0.4, 0.5) is 0 Å². The Balaban J connectivity index is 2.83. The molecule has 1 aromatic heterocycles. The minimum absolute atomic E-state index is 0.259. The molecule has 0 fully saturated rings. The van der Waals surface area contributed by atoms with Crippen molar-refractivity contribution in [3.63, 3.8) is 0 Å². The van der Waals surface area contributed by atoms with Gasteiger partial charge >= 0.3 is 5.97 Å². The summed E-state index contributed by atoms with van der Waals surface area (Å²) >= 11 is 6.46. The summed E-state index contributed by atoms with van der Waals surface area (Å²) in [6, 6.07) is 3.56. The summed E-state index contributed by atoms with van der Waals surface area (Å²) in [5, 5.41) is 0. The topological polar surface area (TPSA) is 39.2 Å². The van der Waals surface area contributed by atoms with Crippen molar-refractivity contribution in [2.75, 3.05) is 7.11 Å². The van der Waals surface area contributed by atoms with E-state index in [-0.39, 0.29) is 12.4 Å².